The molecule has 0 aliphatic carbocycles. The van der Waals surface area contributed by atoms with Crippen LogP contribution in [0.2, 0.25) is 0 Å². The molecule has 0 saturated carbocycles. The Morgan fingerprint density at radius 1 is 1.03 bits per heavy atom. The van der Waals surface area contributed by atoms with Crippen LogP contribution in [0.5, 0.6) is 0 Å². The second kappa shape index (κ2) is 10.9. The largest absolute Gasteiger partial charge is 0.444 e. The molecule has 2 aromatic carbocycles. The number of benzene rings is 2. The molecule has 0 bridgehead atoms. The van der Waals surface area contributed by atoms with E-state index in [1.807, 2.05) is 57.2 Å². The molecule has 9 heteroatoms. The number of carbonyl (C=O) groups is 2. The molecular formula is C29H31N5O3S. The summed E-state index contributed by atoms with van der Waals surface area (Å²) in [4.78, 5) is 38.1. The Hall–Kier alpha value is -3.82. The number of aromatic nitrogens is 2. The molecule has 1 aliphatic heterocycles. The normalized spacial score (nSPS) is 14.4. The van der Waals surface area contributed by atoms with E-state index in [9.17, 15) is 9.59 Å². The van der Waals surface area contributed by atoms with Crippen molar-refractivity contribution in [2.24, 2.45) is 0 Å². The first kappa shape index (κ1) is 25.8. The van der Waals surface area contributed by atoms with Gasteiger partial charge in [0.05, 0.1) is 22.4 Å². The first-order valence-electron chi connectivity index (χ1n) is 12.6. The van der Waals surface area contributed by atoms with Crippen LogP contribution in [0.15, 0.2) is 65.5 Å². The van der Waals surface area contributed by atoms with E-state index in [4.69, 9.17) is 9.72 Å². The van der Waals surface area contributed by atoms with Crippen molar-refractivity contribution in [2.45, 2.75) is 32.9 Å². The number of pyridine rings is 1. The van der Waals surface area contributed by atoms with E-state index < -0.39 is 5.60 Å². The minimum absolute atomic E-state index is 0.247. The lowest BCUT2D eigenvalue weighted by atomic mass is 10.1. The maximum Gasteiger partial charge on any atom is 0.410 e. The highest BCUT2D eigenvalue weighted by Crippen LogP contribution is 2.27. The van der Waals surface area contributed by atoms with E-state index in [1.54, 1.807) is 15.8 Å². The summed E-state index contributed by atoms with van der Waals surface area (Å²) in [5, 5.41) is 5.63. The predicted octanol–water partition coefficient (Wildman–Crippen LogP) is 5.66. The molecule has 5 rings (SSSR count). The molecule has 0 spiro atoms. The number of anilines is 1. The first-order chi connectivity index (χ1) is 18.2. The lowest BCUT2D eigenvalue weighted by molar-refractivity contribution is 0.0139. The molecule has 2 aromatic heterocycles. The number of hydrogen-bond acceptors (Lipinski definition) is 7. The lowest BCUT2D eigenvalue weighted by Crippen LogP contribution is -2.49. The number of rotatable bonds is 5. The van der Waals surface area contributed by atoms with Gasteiger partial charge < -0.3 is 15.0 Å². The molecule has 3 heterocycles. The van der Waals surface area contributed by atoms with Crippen molar-refractivity contribution in [3.8, 4) is 11.3 Å². The van der Waals surface area contributed by atoms with Crippen LogP contribution in [0.25, 0.3) is 22.2 Å². The van der Waals surface area contributed by atoms with Gasteiger partial charge in [0, 0.05) is 49.1 Å². The topological polar surface area (TPSA) is 87.7 Å². The fourth-order valence-electron chi connectivity index (χ4n) is 4.42. The molecule has 4 aromatic rings. The molecule has 196 valence electrons. The highest BCUT2D eigenvalue weighted by Gasteiger charge is 2.25. The van der Waals surface area contributed by atoms with Crippen LogP contribution in [-0.4, -0.2) is 63.5 Å². The smallest absolute Gasteiger partial charge is 0.410 e. The third kappa shape index (κ3) is 6.17. The summed E-state index contributed by atoms with van der Waals surface area (Å²) in [5.41, 5.74) is 5.96. The van der Waals surface area contributed by atoms with Crippen LogP contribution < -0.4 is 5.32 Å². The van der Waals surface area contributed by atoms with Crippen LogP contribution in [0.3, 0.4) is 0 Å². The van der Waals surface area contributed by atoms with E-state index in [0.29, 0.717) is 24.5 Å². The molecule has 0 unspecified atom stereocenters. The van der Waals surface area contributed by atoms with Crippen molar-refractivity contribution in [3.63, 3.8) is 0 Å². The number of ether oxygens (including phenoxy) is 1. The quantitative estimate of drug-likeness (QED) is 0.359. The molecule has 8 nitrogen and oxygen atoms in total. The number of amides is 2. The van der Waals surface area contributed by atoms with Gasteiger partial charge in [0.25, 0.3) is 5.91 Å². The number of carbonyl (C=O) groups excluding carboxylic acids is 2. The maximum absolute atomic E-state index is 12.6. The average Bonchev–Trinajstić information content (AvgIpc) is 3.44. The van der Waals surface area contributed by atoms with Gasteiger partial charge in [-0.25, -0.2) is 14.8 Å². The predicted molar refractivity (Wildman–Crippen MR) is 150 cm³/mol. The Morgan fingerprint density at radius 2 is 1.82 bits per heavy atom. The van der Waals surface area contributed by atoms with Gasteiger partial charge in [-0.1, -0.05) is 36.4 Å². The van der Waals surface area contributed by atoms with E-state index >= 15 is 0 Å². The van der Waals surface area contributed by atoms with Crippen LogP contribution in [0.1, 0.15) is 36.8 Å². The molecule has 0 radical (unpaired) electrons. The van der Waals surface area contributed by atoms with Gasteiger partial charge >= 0.3 is 6.09 Å². The summed E-state index contributed by atoms with van der Waals surface area (Å²) in [7, 11) is 0. The van der Waals surface area contributed by atoms with E-state index in [0.717, 1.165) is 41.8 Å². The summed E-state index contributed by atoms with van der Waals surface area (Å²) in [6.45, 7) is 9.33. The van der Waals surface area contributed by atoms with E-state index in [-0.39, 0.29) is 12.0 Å². The van der Waals surface area contributed by atoms with Gasteiger partial charge in [-0.3, -0.25) is 9.69 Å². The van der Waals surface area contributed by atoms with Crippen molar-refractivity contribution in [1.82, 2.24) is 19.8 Å². The monoisotopic (exact) mass is 529 g/mol. The number of thiazole rings is 1. The number of nitrogens with zero attached hydrogens (tertiary/aromatic N) is 4. The third-order valence-electron chi connectivity index (χ3n) is 6.29. The van der Waals surface area contributed by atoms with E-state index in [1.165, 1.54) is 16.9 Å². The number of fused-ring (bicyclic) bond motifs is 1. The second-order valence-electron chi connectivity index (χ2n) is 10.3. The highest BCUT2D eigenvalue weighted by atomic mass is 32.1. The molecule has 1 N–H and O–H groups in total. The number of hydrogen-bond donors (Lipinski definition) is 1. The van der Waals surface area contributed by atoms with Gasteiger partial charge in [0.15, 0.2) is 0 Å². The Labute approximate surface area is 226 Å². The van der Waals surface area contributed by atoms with Crippen molar-refractivity contribution >= 4 is 39.9 Å². The lowest BCUT2D eigenvalue weighted by Gasteiger charge is -2.35. The zero-order valence-corrected chi connectivity index (χ0v) is 22.6. The van der Waals surface area contributed by atoms with Gasteiger partial charge in [0.2, 0.25) is 0 Å². The van der Waals surface area contributed by atoms with Crippen LogP contribution in [0, 0.1) is 0 Å². The summed E-state index contributed by atoms with van der Waals surface area (Å²) >= 11 is 1.38. The molecule has 1 saturated heterocycles. The molecule has 0 atom stereocenters. The Morgan fingerprint density at radius 3 is 2.55 bits per heavy atom. The van der Waals surface area contributed by atoms with Crippen molar-refractivity contribution in [2.75, 3.05) is 31.5 Å². The molecule has 38 heavy (non-hydrogen) atoms. The SMILES string of the molecule is CC(C)(C)OC(=O)N1CCN(Cc2cccc(-c3ccc4cccc(NC(=O)c5cscn5)c4n3)c2)CC1. The Bertz CT molecular complexity index is 1440. The van der Waals surface area contributed by atoms with Gasteiger partial charge in [-0.05, 0) is 44.5 Å². The Kier molecular flexibility index (Phi) is 7.40. The summed E-state index contributed by atoms with van der Waals surface area (Å²) in [6.07, 6.45) is -0.247. The number of piperazine rings is 1. The van der Waals surface area contributed by atoms with Gasteiger partial charge in [0.1, 0.15) is 11.3 Å². The van der Waals surface area contributed by atoms with E-state index in [2.05, 4.69) is 33.4 Å². The third-order valence-corrected chi connectivity index (χ3v) is 6.87. The van der Waals surface area contributed by atoms with Crippen molar-refractivity contribution < 1.29 is 14.3 Å². The molecule has 1 aliphatic rings. The van der Waals surface area contributed by atoms with Crippen LogP contribution >= 0.6 is 11.3 Å². The second-order valence-corrected chi connectivity index (χ2v) is 11.1. The van der Waals surface area contributed by atoms with Crippen LogP contribution in [-0.2, 0) is 11.3 Å². The minimum Gasteiger partial charge on any atom is -0.444 e. The molecule has 1 fully saturated rings. The maximum atomic E-state index is 12.6. The Balaban J connectivity index is 1.29. The summed E-state index contributed by atoms with van der Waals surface area (Å²) in [6, 6.07) is 18.1. The first-order valence-corrected chi connectivity index (χ1v) is 13.6. The fraction of sp³-hybridized carbons (Fsp3) is 0.310. The standard InChI is InChI=1S/C29H31N5O3S/c1-29(2,3)37-28(36)34-14-12-33(13-15-34)17-20-6-4-8-22(16-20)23-11-10-21-7-5-9-24(26(21)31-23)32-27(35)25-18-38-19-30-25/h4-11,16,18-19H,12-15,17H2,1-3H3,(H,32,35). The van der Waals surface area contributed by atoms with Crippen LogP contribution in [0.4, 0.5) is 10.5 Å². The summed E-state index contributed by atoms with van der Waals surface area (Å²) < 4.78 is 5.51. The molecular weight excluding hydrogens is 498 g/mol. The number of para-hydroxylation sites is 1. The zero-order valence-electron chi connectivity index (χ0n) is 21.8. The number of nitrogens with one attached hydrogen (secondary N) is 1. The van der Waals surface area contributed by atoms with Gasteiger partial charge in [-0.2, -0.15) is 0 Å². The van der Waals surface area contributed by atoms with Crippen molar-refractivity contribution in [1.29, 1.82) is 0 Å². The van der Waals surface area contributed by atoms with Gasteiger partial charge in [-0.15, -0.1) is 11.3 Å². The highest BCUT2D eigenvalue weighted by molar-refractivity contribution is 7.07. The zero-order chi connectivity index (χ0) is 26.7. The average molecular weight is 530 g/mol. The fourth-order valence-corrected chi connectivity index (χ4v) is 4.95. The summed E-state index contributed by atoms with van der Waals surface area (Å²) in [5.74, 6) is -0.250. The molecule has 2 amide bonds. The minimum atomic E-state index is -0.487. The van der Waals surface area contributed by atoms with Crippen molar-refractivity contribution in [3.05, 3.63) is 76.7 Å².